The Labute approximate surface area is 135 Å². The molecule has 2 aromatic rings. The summed E-state index contributed by atoms with van der Waals surface area (Å²) in [5, 5.41) is 10.7. The third kappa shape index (κ3) is 3.62. The van der Waals surface area contributed by atoms with E-state index in [0.29, 0.717) is 11.3 Å². The second kappa shape index (κ2) is 6.42. The maximum Gasteiger partial charge on any atom is 0.262 e. The van der Waals surface area contributed by atoms with Gasteiger partial charge in [0.1, 0.15) is 5.40 Å². The molecule has 0 aliphatic carbocycles. The van der Waals surface area contributed by atoms with Crippen molar-refractivity contribution in [3.8, 4) is 5.40 Å². The molecule has 2 rings (SSSR count). The van der Waals surface area contributed by atoms with Gasteiger partial charge in [-0.05, 0) is 67.9 Å². The number of thiocyanates is 1. The first-order chi connectivity index (χ1) is 10.3. The summed E-state index contributed by atoms with van der Waals surface area (Å²) in [6, 6.07) is 10.4. The van der Waals surface area contributed by atoms with Gasteiger partial charge in [0.25, 0.3) is 10.0 Å². The van der Waals surface area contributed by atoms with Gasteiger partial charge in [0, 0.05) is 4.90 Å². The molecule has 0 spiro atoms. The van der Waals surface area contributed by atoms with Crippen LogP contribution in [0.1, 0.15) is 16.7 Å². The molecule has 0 saturated heterocycles. The SMILES string of the molecule is Cc1ccc(S(=O)(=O)Nc2ccc(SC#N)cc2C)c(C)c1. The summed E-state index contributed by atoms with van der Waals surface area (Å²) >= 11 is 1.04. The molecular weight excluding hydrogens is 316 g/mol. The lowest BCUT2D eigenvalue weighted by Gasteiger charge is -2.13. The van der Waals surface area contributed by atoms with Gasteiger partial charge in [-0.2, -0.15) is 5.26 Å². The third-order valence-corrected chi connectivity index (χ3v) is 5.33. The number of nitrogens with one attached hydrogen (secondary N) is 1. The van der Waals surface area contributed by atoms with Gasteiger partial charge < -0.3 is 0 Å². The zero-order valence-corrected chi connectivity index (χ0v) is 14.2. The number of hydrogen-bond acceptors (Lipinski definition) is 4. The lowest BCUT2D eigenvalue weighted by molar-refractivity contribution is 0.600. The van der Waals surface area contributed by atoms with Crippen molar-refractivity contribution < 1.29 is 8.42 Å². The quantitative estimate of drug-likeness (QED) is 0.679. The molecule has 4 nitrogen and oxygen atoms in total. The van der Waals surface area contributed by atoms with Crippen LogP contribution in [0.2, 0.25) is 0 Å². The Bertz CT molecular complexity index is 853. The molecule has 0 aliphatic rings. The average Bonchev–Trinajstić information content (AvgIpc) is 2.41. The van der Waals surface area contributed by atoms with Gasteiger partial charge in [-0.1, -0.05) is 17.7 Å². The summed E-state index contributed by atoms with van der Waals surface area (Å²) in [7, 11) is -3.63. The second-order valence-corrected chi connectivity index (χ2v) is 7.55. The van der Waals surface area contributed by atoms with Crippen molar-refractivity contribution in [1.82, 2.24) is 0 Å². The molecule has 22 heavy (non-hydrogen) atoms. The van der Waals surface area contributed by atoms with Gasteiger partial charge in [-0.15, -0.1) is 0 Å². The molecule has 114 valence electrons. The minimum Gasteiger partial charge on any atom is -0.279 e. The third-order valence-electron chi connectivity index (χ3n) is 3.23. The number of aryl methyl sites for hydroxylation is 3. The molecular formula is C16H16N2O2S2. The Morgan fingerprint density at radius 3 is 2.36 bits per heavy atom. The van der Waals surface area contributed by atoms with Gasteiger partial charge in [0.2, 0.25) is 0 Å². The largest absolute Gasteiger partial charge is 0.279 e. The summed E-state index contributed by atoms with van der Waals surface area (Å²) in [5.74, 6) is 0. The van der Waals surface area contributed by atoms with Crippen molar-refractivity contribution in [3.05, 3.63) is 53.1 Å². The molecule has 0 amide bonds. The van der Waals surface area contributed by atoms with Crippen LogP contribution >= 0.6 is 11.8 Å². The van der Waals surface area contributed by atoms with Crippen molar-refractivity contribution >= 4 is 27.5 Å². The molecule has 0 unspecified atom stereocenters. The number of anilines is 1. The molecule has 0 bridgehead atoms. The zero-order chi connectivity index (χ0) is 16.3. The van der Waals surface area contributed by atoms with Crippen LogP contribution < -0.4 is 4.72 Å². The first kappa shape index (κ1) is 16.4. The molecule has 0 heterocycles. The number of sulfonamides is 1. The van der Waals surface area contributed by atoms with Crippen LogP contribution in [0.25, 0.3) is 0 Å². The Morgan fingerprint density at radius 1 is 1.05 bits per heavy atom. The van der Waals surface area contributed by atoms with Crippen molar-refractivity contribution in [2.45, 2.75) is 30.6 Å². The number of nitrogens with zero attached hydrogens (tertiary/aromatic N) is 1. The van der Waals surface area contributed by atoms with Gasteiger partial charge in [0.15, 0.2) is 0 Å². The standard InChI is InChI=1S/C16H16N2O2S2/c1-11-4-7-16(13(3)8-11)22(19,20)18-15-6-5-14(21-10-17)9-12(15)2/h4-9,18H,1-3H3. The minimum absolute atomic E-state index is 0.271. The summed E-state index contributed by atoms with van der Waals surface area (Å²) in [6.45, 7) is 5.51. The van der Waals surface area contributed by atoms with E-state index in [4.69, 9.17) is 5.26 Å². The number of thioether (sulfide) groups is 1. The Hall–Kier alpha value is -1.97. The van der Waals surface area contributed by atoms with E-state index in [1.165, 1.54) is 0 Å². The van der Waals surface area contributed by atoms with Crippen LogP contribution in [0, 0.1) is 31.4 Å². The summed E-state index contributed by atoms with van der Waals surface area (Å²) in [5.41, 5.74) is 3.02. The lowest BCUT2D eigenvalue weighted by Crippen LogP contribution is -2.15. The fourth-order valence-corrected chi connectivity index (χ4v) is 4.00. The predicted molar refractivity (Wildman–Crippen MR) is 89.4 cm³/mol. The maximum atomic E-state index is 12.5. The molecule has 0 aromatic heterocycles. The Morgan fingerprint density at radius 2 is 1.77 bits per heavy atom. The van der Waals surface area contributed by atoms with E-state index < -0.39 is 10.0 Å². The number of benzene rings is 2. The van der Waals surface area contributed by atoms with Crippen LogP contribution in [0.5, 0.6) is 0 Å². The highest BCUT2D eigenvalue weighted by Gasteiger charge is 2.17. The molecule has 0 radical (unpaired) electrons. The zero-order valence-electron chi connectivity index (χ0n) is 12.5. The first-order valence-electron chi connectivity index (χ1n) is 6.60. The van der Waals surface area contributed by atoms with E-state index >= 15 is 0 Å². The van der Waals surface area contributed by atoms with Crippen molar-refractivity contribution in [1.29, 1.82) is 5.26 Å². The first-order valence-corrected chi connectivity index (χ1v) is 8.90. The molecule has 1 N–H and O–H groups in total. The van der Waals surface area contributed by atoms with Crippen molar-refractivity contribution in [2.24, 2.45) is 0 Å². The molecule has 0 aliphatic heterocycles. The van der Waals surface area contributed by atoms with Crippen LogP contribution in [0.4, 0.5) is 5.69 Å². The maximum absolute atomic E-state index is 12.5. The van der Waals surface area contributed by atoms with E-state index in [1.54, 1.807) is 44.2 Å². The topological polar surface area (TPSA) is 70.0 Å². The van der Waals surface area contributed by atoms with Crippen molar-refractivity contribution in [3.63, 3.8) is 0 Å². The molecule has 2 aromatic carbocycles. The van der Waals surface area contributed by atoms with Crippen molar-refractivity contribution in [2.75, 3.05) is 4.72 Å². The number of nitriles is 1. The lowest BCUT2D eigenvalue weighted by atomic mass is 10.2. The van der Waals surface area contributed by atoms with Gasteiger partial charge in [0.05, 0.1) is 10.6 Å². The predicted octanol–water partition coefficient (Wildman–Crippen LogP) is 3.99. The van der Waals surface area contributed by atoms with Gasteiger partial charge in [-0.25, -0.2) is 8.42 Å². The smallest absolute Gasteiger partial charge is 0.262 e. The van der Waals surface area contributed by atoms with Crippen LogP contribution in [-0.2, 0) is 10.0 Å². The van der Waals surface area contributed by atoms with E-state index in [0.717, 1.165) is 27.8 Å². The fourth-order valence-electron chi connectivity index (χ4n) is 2.17. The van der Waals surface area contributed by atoms with E-state index in [9.17, 15) is 8.42 Å². The molecule has 0 atom stereocenters. The highest BCUT2D eigenvalue weighted by Crippen LogP contribution is 2.26. The van der Waals surface area contributed by atoms with Crippen LogP contribution in [-0.4, -0.2) is 8.42 Å². The normalized spacial score (nSPS) is 11.0. The molecule has 0 fully saturated rings. The second-order valence-electron chi connectivity index (χ2n) is 5.04. The summed E-state index contributed by atoms with van der Waals surface area (Å²) in [6.07, 6.45) is 0. The molecule has 6 heteroatoms. The number of rotatable bonds is 4. The summed E-state index contributed by atoms with van der Waals surface area (Å²) < 4.78 is 27.7. The summed E-state index contributed by atoms with van der Waals surface area (Å²) in [4.78, 5) is 1.06. The van der Waals surface area contributed by atoms with Crippen LogP contribution in [0.15, 0.2) is 46.2 Å². The fraction of sp³-hybridized carbons (Fsp3) is 0.188. The Balaban J connectivity index is 2.35. The van der Waals surface area contributed by atoms with E-state index in [1.807, 2.05) is 18.4 Å². The van der Waals surface area contributed by atoms with E-state index in [2.05, 4.69) is 4.72 Å². The molecule has 0 saturated carbocycles. The monoisotopic (exact) mass is 332 g/mol. The van der Waals surface area contributed by atoms with Gasteiger partial charge >= 0.3 is 0 Å². The Kier molecular flexibility index (Phi) is 4.79. The highest BCUT2D eigenvalue weighted by atomic mass is 32.2. The minimum atomic E-state index is -3.63. The highest BCUT2D eigenvalue weighted by molar-refractivity contribution is 8.03. The van der Waals surface area contributed by atoms with Gasteiger partial charge in [-0.3, -0.25) is 4.72 Å². The van der Waals surface area contributed by atoms with Crippen LogP contribution in [0.3, 0.4) is 0 Å². The average molecular weight is 332 g/mol. The number of hydrogen-bond donors (Lipinski definition) is 1. The van der Waals surface area contributed by atoms with E-state index in [-0.39, 0.29) is 4.90 Å².